The normalized spacial score (nSPS) is 11.7. The molecule has 0 N–H and O–H groups in total. The van der Waals surface area contributed by atoms with Gasteiger partial charge < -0.3 is 4.74 Å². The molecule has 0 radical (unpaired) electrons. The van der Waals surface area contributed by atoms with Crippen molar-refractivity contribution in [3.05, 3.63) is 22.5 Å². The third-order valence-electron chi connectivity index (χ3n) is 3.36. The van der Waals surface area contributed by atoms with Crippen molar-refractivity contribution in [2.75, 3.05) is 7.11 Å². The van der Waals surface area contributed by atoms with Gasteiger partial charge in [0.1, 0.15) is 5.75 Å². The third kappa shape index (κ3) is 2.68. The average molecular weight is 249 g/mol. The first-order chi connectivity index (χ1) is 8.31. The van der Waals surface area contributed by atoms with E-state index >= 15 is 0 Å². The fourth-order valence-corrected chi connectivity index (χ4v) is 2.53. The Morgan fingerprint density at radius 1 is 0.833 bits per heavy atom. The van der Waals surface area contributed by atoms with Gasteiger partial charge in [-0.05, 0) is 24.7 Å². The SMILES string of the molecule is COc1c(C)c(C(C)C)nc(C(C)C)c1C(C)C. The lowest BCUT2D eigenvalue weighted by molar-refractivity contribution is 0.400. The number of pyridine rings is 1. The van der Waals surface area contributed by atoms with E-state index in [0.29, 0.717) is 17.8 Å². The van der Waals surface area contributed by atoms with Gasteiger partial charge in [-0.25, -0.2) is 0 Å². The van der Waals surface area contributed by atoms with Crippen LogP contribution in [0.2, 0.25) is 0 Å². The number of aromatic nitrogens is 1. The molecular weight excluding hydrogens is 222 g/mol. The Labute approximate surface area is 112 Å². The van der Waals surface area contributed by atoms with Crippen LogP contribution in [0.15, 0.2) is 0 Å². The predicted molar refractivity (Wildman–Crippen MR) is 77.8 cm³/mol. The molecule has 0 unspecified atom stereocenters. The number of ether oxygens (including phenoxy) is 1. The molecule has 1 aromatic heterocycles. The summed E-state index contributed by atoms with van der Waals surface area (Å²) in [6.45, 7) is 15.3. The second kappa shape index (κ2) is 5.73. The van der Waals surface area contributed by atoms with Crippen LogP contribution in [0.25, 0.3) is 0 Å². The highest BCUT2D eigenvalue weighted by Gasteiger charge is 2.22. The Hall–Kier alpha value is -1.05. The van der Waals surface area contributed by atoms with Crippen LogP contribution < -0.4 is 4.74 Å². The van der Waals surface area contributed by atoms with E-state index in [1.54, 1.807) is 7.11 Å². The quantitative estimate of drug-likeness (QED) is 0.767. The van der Waals surface area contributed by atoms with Gasteiger partial charge in [-0.2, -0.15) is 0 Å². The lowest BCUT2D eigenvalue weighted by atomic mass is 9.90. The van der Waals surface area contributed by atoms with Crippen LogP contribution in [0.3, 0.4) is 0 Å². The van der Waals surface area contributed by atoms with Crippen molar-refractivity contribution in [3.8, 4) is 5.75 Å². The van der Waals surface area contributed by atoms with E-state index in [0.717, 1.165) is 5.75 Å². The van der Waals surface area contributed by atoms with Crippen LogP contribution in [-0.4, -0.2) is 12.1 Å². The lowest BCUT2D eigenvalue weighted by Crippen LogP contribution is -2.11. The van der Waals surface area contributed by atoms with Crippen LogP contribution in [0.5, 0.6) is 5.75 Å². The Bertz CT molecular complexity index is 420. The number of rotatable bonds is 4. The molecule has 0 bridgehead atoms. The van der Waals surface area contributed by atoms with E-state index in [1.807, 2.05) is 0 Å². The summed E-state index contributed by atoms with van der Waals surface area (Å²) < 4.78 is 5.68. The average Bonchev–Trinajstić information content (AvgIpc) is 2.26. The largest absolute Gasteiger partial charge is 0.496 e. The molecule has 0 spiro atoms. The first-order valence-corrected chi connectivity index (χ1v) is 6.89. The standard InChI is InChI=1S/C16H27NO/c1-9(2)13-15(11(5)6)17-14(10(3)4)12(7)16(13)18-8/h9-11H,1-8H3. The molecule has 18 heavy (non-hydrogen) atoms. The minimum Gasteiger partial charge on any atom is -0.496 e. The first-order valence-electron chi connectivity index (χ1n) is 6.89. The van der Waals surface area contributed by atoms with Crippen LogP contribution in [0, 0.1) is 6.92 Å². The maximum Gasteiger partial charge on any atom is 0.128 e. The summed E-state index contributed by atoms with van der Waals surface area (Å²) in [6.07, 6.45) is 0. The third-order valence-corrected chi connectivity index (χ3v) is 3.36. The Morgan fingerprint density at radius 2 is 1.33 bits per heavy atom. The molecule has 2 nitrogen and oxygen atoms in total. The van der Waals surface area contributed by atoms with Crippen LogP contribution in [-0.2, 0) is 0 Å². The molecule has 0 fully saturated rings. The van der Waals surface area contributed by atoms with E-state index < -0.39 is 0 Å². The summed E-state index contributed by atoms with van der Waals surface area (Å²) in [5.41, 5.74) is 4.83. The molecule has 0 saturated heterocycles. The molecule has 1 heterocycles. The number of nitrogens with zero attached hydrogens (tertiary/aromatic N) is 1. The van der Waals surface area contributed by atoms with E-state index in [2.05, 4.69) is 48.5 Å². The van der Waals surface area contributed by atoms with E-state index in [9.17, 15) is 0 Å². The van der Waals surface area contributed by atoms with Gasteiger partial charge in [-0.3, -0.25) is 4.98 Å². The van der Waals surface area contributed by atoms with Crippen molar-refractivity contribution in [2.24, 2.45) is 0 Å². The molecule has 0 saturated carbocycles. The van der Waals surface area contributed by atoms with Crippen molar-refractivity contribution in [1.29, 1.82) is 0 Å². The monoisotopic (exact) mass is 249 g/mol. The fraction of sp³-hybridized carbons (Fsp3) is 0.688. The van der Waals surface area contributed by atoms with Crippen molar-refractivity contribution in [3.63, 3.8) is 0 Å². The summed E-state index contributed by atoms with van der Waals surface area (Å²) >= 11 is 0. The number of methoxy groups -OCH3 is 1. The topological polar surface area (TPSA) is 22.1 Å². The highest BCUT2D eigenvalue weighted by molar-refractivity contribution is 5.48. The summed E-state index contributed by atoms with van der Waals surface area (Å²) in [4.78, 5) is 4.92. The fourth-order valence-electron chi connectivity index (χ4n) is 2.53. The molecule has 1 aromatic rings. The molecule has 0 atom stereocenters. The van der Waals surface area contributed by atoms with E-state index in [-0.39, 0.29) is 0 Å². The molecule has 0 aliphatic heterocycles. The summed E-state index contributed by atoms with van der Waals surface area (Å²) in [6, 6.07) is 0. The van der Waals surface area contributed by atoms with Gasteiger partial charge in [-0.15, -0.1) is 0 Å². The molecule has 0 aliphatic carbocycles. The zero-order valence-corrected chi connectivity index (χ0v) is 13.1. The van der Waals surface area contributed by atoms with Crippen molar-refractivity contribution in [2.45, 2.75) is 66.2 Å². The smallest absolute Gasteiger partial charge is 0.128 e. The Kier molecular flexibility index (Phi) is 4.78. The van der Waals surface area contributed by atoms with E-state index in [1.165, 1.54) is 22.5 Å². The second-order valence-electron chi connectivity index (χ2n) is 5.92. The minimum absolute atomic E-state index is 0.425. The molecule has 102 valence electrons. The van der Waals surface area contributed by atoms with Gasteiger partial charge in [0.2, 0.25) is 0 Å². The molecule has 1 rings (SSSR count). The predicted octanol–water partition coefficient (Wildman–Crippen LogP) is 4.77. The Morgan fingerprint density at radius 3 is 1.67 bits per heavy atom. The second-order valence-corrected chi connectivity index (χ2v) is 5.92. The van der Waals surface area contributed by atoms with Crippen molar-refractivity contribution in [1.82, 2.24) is 4.98 Å². The zero-order chi connectivity index (χ0) is 14.0. The maximum absolute atomic E-state index is 5.68. The van der Waals surface area contributed by atoms with Gasteiger partial charge in [0.15, 0.2) is 0 Å². The Balaban J connectivity index is 3.64. The highest BCUT2D eigenvalue weighted by Crippen LogP contribution is 2.38. The number of hydrogen-bond acceptors (Lipinski definition) is 2. The van der Waals surface area contributed by atoms with E-state index in [4.69, 9.17) is 9.72 Å². The molecule has 0 aromatic carbocycles. The van der Waals surface area contributed by atoms with Gasteiger partial charge >= 0.3 is 0 Å². The number of hydrogen-bond donors (Lipinski definition) is 0. The molecule has 2 heteroatoms. The summed E-state index contributed by atoms with van der Waals surface area (Å²) in [5, 5.41) is 0. The van der Waals surface area contributed by atoms with Gasteiger partial charge in [-0.1, -0.05) is 41.5 Å². The lowest BCUT2D eigenvalue weighted by Gasteiger charge is -2.23. The highest BCUT2D eigenvalue weighted by atomic mass is 16.5. The maximum atomic E-state index is 5.68. The minimum atomic E-state index is 0.425. The first kappa shape index (κ1) is 15.0. The summed E-state index contributed by atoms with van der Waals surface area (Å²) in [7, 11) is 1.77. The van der Waals surface area contributed by atoms with Gasteiger partial charge in [0, 0.05) is 16.8 Å². The zero-order valence-electron chi connectivity index (χ0n) is 13.1. The summed E-state index contributed by atoms with van der Waals surface area (Å²) in [5.74, 6) is 2.32. The van der Waals surface area contributed by atoms with Crippen LogP contribution in [0.1, 0.15) is 81.8 Å². The van der Waals surface area contributed by atoms with Crippen molar-refractivity contribution < 1.29 is 4.74 Å². The van der Waals surface area contributed by atoms with Crippen LogP contribution >= 0.6 is 0 Å². The van der Waals surface area contributed by atoms with Gasteiger partial charge in [0.05, 0.1) is 12.8 Å². The molecule has 0 aliphatic rings. The molecular formula is C16H27NO. The van der Waals surface area contributed by atoms with Crippen molar-refractivity contribution >= 4 is 0 Å². The van der Waals surface area contributed by atoms with Gasteiger partial charge in [0.25, 0.3) is 0 Å². The van der Waals surface area contributed by atoms with Crippen LogP contribution in [0.4, 0.5) is 0 Å². The molecule has 0 amide bonds.